The fraction of sp³-hybridized carbons (Fsp3) is 0.455. The van der Waals surface area contributed by atoms with Crippen LogP contribution in [0.4, 0.5) is 10.3 Å². The second-order valence-corrected chi connectivity index (χ2v) is 4.19. The number of ether oxygens (including phenoxy) is 1. The number of fused-ring (bicyclic) bond motifs is 1. The summed E-state index contributed by atoms with van der Waals surface area (Å²) in [6.45, 7) is 2.97. The highest BCUT2D eigenvalue weighted by Crippen LogP contribution is 2.07. The molecule has 0 radical (unpaired) electrons. The number of pyridine rings is 1. The van der Waals surface area contributed by atoms with Gasteiger partial charge < -0.3 is 15.4 Å². The van der Waals surface area contributed by atoms with Crippen LogP contribution in [0.1, 0.15) is 0 Å². The Labute approximate surface area is 103 Å². The maximum Gasteiger partial charge on any atom is 0.243 e. The first kappa shape index (κ1) is 11.4. The Hall–Kier alpha value is -1.73. The number of nitrogens with one attached hydrogen (secondary N) is 2. The number of aromatic nitrogens is 3. The van der Waals surface area contributed by atoms with Crippen molar-refractivity contribution < 1.29 is 9.13 Å². The summed E-state index contributed by atoms with van der Waals surface area (Å²) in [6.07, 6.45) is 1.30. The van der Waals surface area contributed by atoms with Gasteiger partial charge in [0.2, 0.25) is 5.95 Å². The van der Waals surface area contributed by atoms with Gasteiger partial charge in [-0.3, -0.25) is 0 Å². The van der Waals surface area contributed by atoms with Gasteiger partial charge >= 0.3 is 0 Å². The average molecular weight is 251 g/mol. The second kappa shape index (κ2) is 4.87. The zero-order valence-electron chi connectivity index (χ0n) is 9.77. The van der Waals surface area contributed by atoms with Crippen LogP contribution in [0.2, 0.25) is 0 Å². The molecule has 7 heteroatoms. The number of halogens is 1. The van der Waals surface area contributed by atoms with E-state index in [2.05, 4.69) is 20.7 Å². The molecule has 1 aliphatic rings. The molecule has 0 aliphatic carbocycles. The predicted molar refractivity (Wildman–Crippen MR) is 64.0 cm³/mol. The topological polar surface area (TPSA) is 63.5 Å². The van der Waals surface area contributed by atoms with Gasteiger partial charge in [0.25, 0.3) is 0 Å². The predicted octanol–water partition coefficient (Wildman–Crippen LogP) is 0.269. The molecule has 0 spiro atoms. The zero-order chi connectivity index (χ0) is 12.4. The lowest BCUT2D eigenvalue weighted by molar-refractivity contribution is 0.0806. The van der Waals surface area contributed by atoms with Gasteiger partial charge in [-0.2, -0.15) is 4.98 Å². The molecule has 0 bridgehead atoms. The lowest BCUT2D eigenvalue weighted by atomic mass is 10.3. The summed E-state index contributed by atoms with van der Waals surface area (Å²) in [5.41, 5.74) is 0.617. The highest BCUT2D eigenvalue weighted by molar-refractivity contribution is 5.43. The zero-order valence-corrected chi connectivity index (χ0v) is 9.77. The van der Waals surface area contributed by atoms with Crippen molar-refractivity contribution in [3.63, 3.8) is 0 Å². The smallest absolute Gasteiger partial charge is 0.243 e. The van der Waals surface area contributed by atoms with Gasteiger partial charge in [-0.1, -0.05) is 0 Å². The van der Waals surface area contributed by atoms with Crippen LogP contribution >= 0.6 is 0 Å². The van der Waals surface area contributed by atoms with Crippen LogP contribution in [-0.4, -0.2) is 46.9 Å². The minimum atomic E-state index is -0.332. The summed E-state index contributed by atoms with van der Waals surface area (Å²) in [6, 6.07) is 3.21. The van der Waals surface area contributed by atoms with Crippen molar-refractivity contribution in [2.45, 2.75) is 6.04 Å². The molecule has 0 amide bonds. The van der Waals surface area contributed by atoms with Crippen LogP contribution in [0.15, 0.2) is 18.3 Å². The van der Waals surface area contributed by atoms with E-state index < -0.39 is 0 Å². The maximum atomic E-state index is 13.0. The fourth-order valence-electron chi connectivity index (χ4n) is 1.90. The summed E-state index contributed by atoms with van der Waals surface area (Å²) < 4.78 is 19.8. The number of morpholine rings is 1. The van der Waals surface area contributed by atoms with E-state index in [1.54, 1.807) is 6.07 Å². The van der Waals surface area contributed by atoms with E-state index in [4.69, 9.17) is 4.74 Å². The molecular weight excluding hydrogens is 237 g/mol. The van der Waals surface area contributed by atoms with Crippen LogP contribution in [0.5, 0.6) is 0 Å². The van der Waals surface area contributed by atoms with E-state index >= 15 is 0 Å². The van der Waals surface area contributed by atoms with E-state index in [9.17, 15) is 4.39 Å². The third-order valence-corrected chi connectivity index (χ3v) is 2.80. The van der Waals surface area contributed by atoms with Crippen molar-refractivity contribution in [1.82, 2.24) is 19.9 Å². The molecule has 0 saturated carbocycles. The number of anilines is 1. The van der Waals surface area contributed by atoms with Crippen LogP contribution in [0.25, 0.3) is 5.65 Å². The quantitative estimate of drug-likeness (QED) is 0.819. The van der Waals surface area contributed by atoms with E-state index in [-0.39, 0.29) is 11.9 Å². The van der Waals surface area contributed by atoms with Gasteiger partial charge in [-0.25, -0.2) is 8.91 Å². The first-order valence-corrected chi connectivity index (χ1v) is 5.88. The summed E-state index contributed by atoms with van der Waals surface area (Å²) in [5.74, 6) is 0.161. The Morgan fingerprint density at radius 3 is 3.33 bits per heavy atom. The first-order valence-electron chi connectivity index (χ1n) is 5.88. The average Bonchev–Trinajstić information content (AvgIpc) is 2.79. The van der Waals surface area contributed by atoms with Crippen LogP contribution in [-0.2, 0) is 4.74 Å². The SMILES string of the molecule is Fc1ccc2nc(NCC3COCCN3)nn2c1. The molecule has 3 heterocycles. The Bertz CT molecular complexity index is 537. The van der Waals surface area contributed by atoms with Gasteiger partial charge in [0.15, 0.2) is 5.65 Å². The first-order chi connectivity index (χ1) is 8.81. The van der Waals surface area contributed by atoms with Crippen molar-refractivity contribution in [3.8, 4) is 0 Å². The molecule has 1 saturated heterocycles. The Balaban J connectivity index is 1.67. The molecule has 3 rings (SSSR count). The van der Waals surface area contributed by atoms with Crippen molar-refractivity contribution in [1.29, 1.82) is 0 Å². The summed E-state index contributed by atoms with van der Waals surface area (Å²) in [7, 11) is 0. The molecule has 0 aromatic carbocycles. The van der Waals surface area contributed by atoms with Crippen LogP contribution < -0.4 is 10.6 Å². The lowest BCUT2D eigenvalue weighted by Gasteiger charge is -2.23. The van der Waals surface area contributed by atoms with Crippen molar-refractivity contribution >= 4 is 11.6 Å². The standard InChI is InChI=1S/C11H14FN5O/c12-8-1-2-10-15-11(16-17(10)6-8)14-5-9-7-18-4-3-13-9/h1-2,6,9,13H,3-5,7H2,(H,14,16). The van der Waals surface area contributed by atoms with Gasteiger partial charge in [-0.15, -0.1) is 5.10 Å². The highest BCUT2D eigenvalue weighted by Gasteiger charge is 2.13. The van der Waals surface area contributed by atoms with E-state index in [1.807, 2.05) is 0 Å². The van der Waals surface area contributed by atoms with E-state index in [0.717, 1.165) is 13.2 Å². The third kappa shape index (κ3) is 2.41. The second-order valence-electron chi connectivity index (χ2n) is 4.19. The molecule has 18 heavy (non-hydrogen) atoms. The molecular formula is C11H14FN5O. The van der Waals surface area contributed by atoms with Crippen LogP contribution in [0.3, 0.4) is 0 Å². The van der Waals surface area contributed by atoms with Crippen LogP contribution in [0, 0.1) is 5.82 Å². The van der Waals surface area contributed by atoms with Gasteiger partial charge in [-0.05, 0) is 12.1 Å². The Kier molecular flexibility index (Phi) is 3.07. The summed E-state index contributed by atoms with van der Waals surface area (Å²) >= 11 is 0. The molecule has 1 aliphatic heterocycles. The summed E-state index contributed by atoms with van der Waals surface area (Å²) in [4.78, 5) is 4.24. The monoisotopic (exact) mass is 251 g/mol. The van der Waals surface area contributed by atoms with Gasteiger partial charge in [0.05, 0.1) is 19.4 Å². The molecule has 2 aromatic rings. The molecule has 1 fully saturated rings. The third-order valence-electron chi connectivity index (χ3n) is 2.80. The Morgan fingerprint density at radius 2 is 2.50 bits per heavy atom. The Morgan fingerprint density at radius 1 is 1.56 bits per heavy atom. The number of hydrogen-bond donors (Lipinski definition) is 2. The van der Waals surface area contributed by atoms with E-state index in [0.29, 0.717) is 24.7 Å². The number of rotatable bonds is 3. The minimum absolute atomic E-state index is 0.252. The maximum absolute atomic E-state index is 13.0. The molecule has 1 unspecified atom stereocenters. The fourth-order valence-corrected chi connectivity index (χ4v) is 1.90. The van der Waals surface area contributed by atoms with Crippen molar-refractivity contribution in [3.05, 3.63) is 24.1 Å². The lowest BCUT2D eigenvalue weighted by Crippen LogP contribution is -2.45. The molecule has 6 nitrogen and oxygen atoms in total. The number of nitrogens with zero attached hydrogens (tertiary/aromatic N) is 3. The number of hydrogen-bond acceptors (Lipinski definition) is 5. The molecule has 2 N–H and O–H groups in total. The largest absolute Gasteiger partial charge is 0.378 e. The van der Waals surface area contributed by atoms with Gasteiger partial charge in [0.1, 0.15) is 5.82 Å². The molecule has 1 atom stereocenters. The van der Waals surface area contributed by atoms with Crippen molar-refractivity contribution in [2.75, 3.05) is 31.6 Å². The highest BCUT2D eigenvalue weighted by atomic mass is 19.1. The normalized spacial score (nSPS) is 20.2. The van der Waals surface area contributed by atoms with E-state index in [1.165, 1.54) is 16.8 Å². The van der Waals surface area contributed by atoms with Gasteiger partial charge in [0, 0.05) is 19.1 Å². The summed E-state index contributed by atoms with van der Waals surface area (Å²) in [5, 5.41) is 10.6. The molecule has 96 valence electrons. The minimum Gasteiger partial charge on any atom is -0.378 e. The molecule has 2 aromatic heterocycles. The van der Waals surface area contributed by atoms with Crippen molar-refractivity contribution in [2.24, 2.45) is 0 Å².